The Bertz CT molecular complexity index is 796. The van der Waals surface area contributed by atoms with Gasteiger partial charge in [-0.3, -0.25) is 14.3 Å². The maximum atomic E-state index is 14.2. The van der Waals surface area contributed by atoms with Crippen LogP contribution in [-0.2, 0) is 28.9 Å². The van der Waals surface area contributed by atoms with Crippen LogP contribution in [0.2, 0.25) is 0 Å². The highest BCUT2D eigenvalue weighted by atomic mass is 19.3. The fourth-order valence-corrected chi connectivity index (χ4v) is 4.78. The van der Waals surface area contributed by atoms with Crippen LogP contribution in [-0.4, -0.2) is 64.3 Å². The van der Waals surface area contributed by atoms with Crippen molar-refractivity contribution in [2.75, 3.05) is 19.7 Å². The van der Waals surface area contributed by atoms with E-state index in [0.717, 1.165) is 25.0 Å². The summed E-state index contributed by atoms with van der Waals surface area (Å²) in [6.45, 7) is 3.65. The summed E-state index contributed by atoms with van der Waals surface area (Å²) in [7, 11) is 0. The number of hydrogen-bond donors (Lipinski definition) is 1. The molecule has 2 saturated heterocycles. The zero-order chi connectivity index (χ0) is 21.3. The Morgan fingerprint density at radius 3 is 2.67 bits per heavy atom. The molecular weight excluding hydrogens is 394 g/mol. The van der Waals surface area contributed by atoms with Crippen LogP contribution in [0, 0.1) is 0 Å². The van der Waals surface area contributed by atoms with Crippen molar-refractivity contribution >= 4 is 11.8 Å². The quantitative estimate of drug-likeness (QED) is 0.805. The molecule has 2 fully saturated rings. The van der Waals surface area contributed by atoms with Crippen molar-refractivity contribution in [1.29, 1.82) is 0 Å². The predicted molar refractivity (Wildman–Crippen MR) is 106 cm³/mol. The summed E-state index contributed by atoms with van der Waals surface area (Å²) in [6.07, 6.45) is 3.94. The van der Waals surface area contributed by atoms with Gasteiger partial charge in [-0.05, 0) is 38.5 Å². The zero-order valence-corrected chi connectivity index (χ0v) is 17.5. The molecule has 0 bridgehead atoms. The number of nitrogens with zero attached hydrogens (tertiary/aromatic N) is 3. The van der Waals surface area contributed by atoms with E-state index in [-0.39, 0.29) is 42.5 Å². The second-order valence-electron chi connectivity index (χ2n) is 8.74. The molecule has 166 valence electrons. The number of alkyl halides is 2. The summed E-state index contributed by atoms with van der Waals surface area (Å²) in [5, 5.41) is 7.42. The van der Waals surface area contributed by atoms with Crippen molar-refractivity contribution in [1.82, 2.24) is 20.0 Å². The van der Waals surface area contributed by atoms with Gasteiger partial charge in [0.1, 0.15) is 0 Å². The lowest BCUT2D eigenvalue weighted by molar-refractivity contribution is -0.119. The molecule has 1 N–H and O–H groups in total. The van der Waals surface area contributed by atoms with Crippen molar-refractivity contribution < 1.29 is 23.1 Å². The third-order valence-electron chi connectivity index (χ3n) is 6.37. The molecule has 0 aromatic carbocycles. The molecule has 30 heavy (non-hydrogen) atoms. The third-order valence-corrected chi connectivity index (χ3v) is 6.37. The van der Waals surface area contributed by atoms with Crippen LogP contribution in [0.5, 0.6) is 0 Å². The van der Waals surface area contributed by atoms with E-state index >= 15 is 0 Å². The van der Waals surface area contributed by atoms with E-state index in [1.165, 1.54) is 6.92 Å². The minimum atomic E-state index is -2.81. The second-order valence-corrected chi connectivity index (χ2v) is 8.74. The lowest BCUT2D eigenvalue weighted by atomic mass is 9.92. The molecule has 1 aliphatic carbocycles. The average Bonchev–Trinajstić information content (AvgIpc) is 3.04. The maximum absolute atomic E-state index is 14.2. The Kier molecular flexibility index (Phi) is 6.09. The third kappa shape index (κ3) is 4.66. The largest absolute Gasteiger partial charge is 0.376 e. The van der Waals surface area contributed by atoms with Gasteiger partial charge >= 0.3 is 0 Å². The molecule has 1 atom stereocenters. The van der Waals surface area contributed by atoms with Gasteiger partial charge in [0.25, 0.3) is 11.8 Å². The van der Waals surface area contributed by atoms with Crippen LogP contribution < -0.4 is 5.32 Å². The van der Waals surface area contributed by atoms with Crippen LogP contribution in [0.25, 0.3) is 0 Å². The fraction of sp³-hybridized carbons (Fsp3) is 0.762. The van der Waals surface area contributed by atoms with Crippen LogP contribution in [0.4, 0.5) is 8.78 Å². The van der Waals surface area contributed by atoms with Crippen LogP contribution in [0.3, 0.4) is 0 Å². The summed E-state index contributed by atoms with van der Waals surface area (Å²) < 4.78 is 35.9. The van der Waals surface area contributed by atoms with Crippen molar-refractivity contribution in [2.45, 2.75) is 82.9 Å². The van der Waals surface area contributed by atoms with Gasteiger partial charge in [-0.2, -0.15) is 5.10 Å². The molecule has 0 radical (unpaired) electrons. The molecule has 0 unspecified atom stereocenters. The number of ether oxygens (including phenoxy) is 1. The molecule has 2 amide bonds. The Hall–Kier alpha value is -2.03. The number of rotatable bonds is 4. The van der Waals surface area contributed by atoms with Gasteiger partial charge in [-0.1, -0.05) is 0 Å². The van der Waals surface area contributed by atoms with Crippen molar-refractivity contribution in [2.24, 2.45) is 0 Å². The number of halogens is 2. The first kappa shape index (κ1) is 21.2. The van der Waals surface area contributed by atoms with Gasteiger partial charge in [-0.25, -0.2) is 8.78 Å². The number of hydrogen-bond acceptors (Lipinski definition) is 4. The molecule has 0 saturated carbocycles. The van der Waals surface area contributed by atoms with E-state index < -0.39 is 12.3 Å². The average molecular weight is 424 g/mol. The van der Waals surface area contributed by atoms with Crippen LogP contribution >= 0.6 is 0 Å². The first-order valence-corrected chi connectivity index (χ1v) is 11.0. The minimum Gasteiger partial charge on any atom is -0.376 e. The smallest absolute Gasteiger partial charge is 0.274 e. The summed E-state index contributed by atoms with van der Waals surface area (Å²) in [4.78, 5) is 26.1. The number of aromatic nitrogens is 2. The van der Waals surface area contributed by atoms with Crippen LogP contribution in [0.15, 0.2) is 0 Å². The lowest BCUT2D eigenvalue weighted by Crippen LogP contribution is -2.46. The first-order valence-electron chi connectivity index (χ1n) is 11.0. The fourth-order valence-electron chi connectivity index (χ4n) is 4.78. The molecular formula is C21H30F2N4O3. The molecule has 2 aliphatic heterocycles. The van der Waals surface area contributed by atoms with Gasteiger partial charge < -0.3 is 15.0 Å². The summed E-state index contributed by atoms with van der Waals surface area (Å²) in [6, 6.07) is 0.0470. The monoisotopic (exact) mass is 424 g/mol. The molecule has 0 spiro atoms. The Morgan fingerprint density at radius 2 is 2.00 bits per heavy atom. The van der Waals surface area contributed by atoms with Crippen molar-refractivity contribution in [3.8, 4) is 0 Å². The number of piperidine rings is 1. The molecule has 3 heterocycles. The molecule has 1 aromatic rings. The van der Waals surface area contributed by atoms with Gasteiger partial charge in [0.05, 0.1) is 12.6 Å². The minimum absolute atomic E-state index is 0.0153. The van der Waals surface area contributed by atoms with E-state index in [2.05, 4.69) is 10.4 Å². The zero-order valence-electron chi connectivity index (χ0n) is 17.5. The topological polar surface area (TPSA) is 76.5 Å². The Balaban J connectivity index is 1.53. The second kappa shape index (κ2) is 8.61. The molecule has 9 heteroatoms. The van der Waals surface area contributed by atoms with Gasteiger partial charge in [0.2, 0.25) is 5.91 Å². The highest BCUT2D eigenvalue weighted by Gasteiger charge is 2.40. The van der Waals surface area contributed by atoms with Gasteiger partial charge in [-0.15, -0.1) is 0 Å². The SMILES string of the molecule is CC(=O)NC1CCN(C(=O)c2nn(C[C@@H]3CCCCO3)c3c2CC(F)(F)CC3)CC1. The molecule has 3 aliphatic rings. The normalized spacial score (nSPS) is 24.4. The maximum Gasteiger partial charge on any atom is 0.274 e. The molecule has 4 rings (SSSR count). The van der Waals surface area contributed by atoms with Gasteiger partial charge in [0, 0.05) is 56.8 Å². The first-order chi connectivity index (χ1) is 14.3. The van der Waals surface area contributed by atoms with E-state index in [1.54, 1.807) is 9.58 Å². The highest BCUT2D eigenvalue weighted by molar-refractivity contribution is 5.94. The van der Waals surface area contributed by atoms with E-state index in [0.29, 0.717) is 44.6 Å². The van der Waals surface area contributed by atoms with E-state index in [9.17, 15) is 18.4 Å². The van der Waals surface area contributed by atoms with E-state index in [4.69, 9.17) is 4.74 Å². The van der Waals surface area contributed by atoms with Crippen LogP contribution in [0.1, 0.15) is 67.2 Å². The highest BCUT2D eigenvalue weighted by Crippen LogP contribution is 2.35. The summed E-state index contributed by atoms with van der Waals surface area (Å²) in [5.74, 6) is -3.18. The number of fused-ring (bicyclic) bond motifs is 1. The number of carbonyl (C=O) groups excluding carboxylic acids is 2. The number of likely N-dealkylation sites (tertiary alicyclic amines) is 1. The van der Waals surface area contributed by atoms with Crippen molar-refractivity contribution in [3.63, 3.8) is 0 Å². The predicted octanol–water partition coefficient (Wildman–Crippen LogP) is 2.32. The number of nitrogens with one attached hydrogen (secondary N) is 1. The molecule has 1 aromatic heterocycles. The summed E-state index contributed by atoms with van der Waals surface area (Å²) >= 11 is 0. The standard InChI is InChI=1S/C21H30F2N4O3/c1-14(28)24-15-6-9-26(10-7-15)20(29)19-17-12-21(22,23)8-5-18(17)27(25-19)13-16-4-2-3-11-30-16/h15-16H,2-13H2,1H3,(H,24,28)/t16-/m0/s1. The lowest BCUT2D eigenvalue weighted by Gasteiger charge is -2.32. The molecule has 7 nitrogen and oxygen atoms in total. The van der Waals surface area contributed by atoms with E-state index in [1.807, 2.05) is 0 Å². The Labute approximate surface area is 175 Å². The number of amides is 2. The number of carbonyl (C=O) groups is 2. The Morgan fingerprint density at radius 1 is 1.23 bits per heavy atom. The summed E-state index contributed by atoms with van der Waals surface area (Å²) in [5.41, 5.74) is 1.32. The van der Waals surface area contributed by atoms with Gasteiger partial charge in [0.15, 0.2) is 5.69 Å². The van der Waals surface area contributed by atoms with Crippen molar-refractivity contribution in [3.05, 3.63) is 17.0 Å².